The van der Waals surface area contributed by atoms with Crippen molar-refractivity contribution >= 4 is 5.91 Å². The molecule has 0 spiro atoms. The van der Waals surface area contributed by atoms with Gasteiger partial charge >= 0.3 is 0 Å². The van der Waals surface area contributed by atoms with Crippen molar-refractivity contribution in [2.45, 2.75) is 18.9 Å². The Bertz CT molecular complexity index is 253. The van der Waals surface area contributed by atoms with E-state index in [-0.39, 0.29) is 5.91 Å². The van der Waals surface area contributed by atoms with Gasteiger partial charge in [0.1, 0.15) is 0 Å². The van der Waals surface area contributed by atoms with Gasteiger partial charge in [0.05, 0.1) is 45.2 Å². The van der Waals surface area contributed by atoms with E-state index >= 15 is 0 Å². The van der Waals surface area contributed by atoms with E-state index < -0.39 is 5.54 Å². The Kier molecular flexibility index (Phi) is 11.6. The highest BCUT2D eigenvalue weighted by atomic mass is 16.6. The first-order valence-electron chi connectivity index (χ1n) is 6.78. The molecule has 7 heteroatoms. The molecular formula is C13H28N2O5. The van der Waals surface area contributed by atoms with Crippen LogP contribution < -0.4 is 11.1 Å². The van der Waals surface area contributed by atoms with Crippen LogP contribution in [0, 0.1) is 0 Å². The Morgan fingerprint density at radius 3 is 1.85 bits per heavy atom. The van der Waals surface area contributed by atoms with Crippen LogP contribution >= 0.6 is 0 Å². The lowest BCUT2D eigenvalue weighted by Gasteiger charge is -2.25. The van der Waals surface area contributed by atoms with Gasteiger partial charge in [0.15, 0.2) is 0 Å². The van der Waals surface area contributed by atoms with Crippen LogP contribution in [0.15, 0.2) is 0 Å². The lowest BCUT2D eigenvalue weighted by molar-refractivity contribution is -0.124. The first kappa shape index (κ1) is 19.3. The summed E-state index contributed by atoms with van der Waals surface area (Å²) in [6.07, 6.45) is 0.527. The summed E-state index contributed by atoms with van der Waals surface area (Å²) in [6.45, 7) is 5.43. The number of rotatable bonds is 14. The summed E-state index contributed by atoms with van der Waals surface area (Å²) in [5.41, 5.74) is 4.58. The van der Waals surface area contributed by atoms with E-state index in [2.05, 4.69) is 5.32 Å². The molecule has 3 N–H and O–H groups in total. The van der Waals surface area contributed by atoms with Crippen molar-refractivity contribution in [2.75, 3.05) is 60.4 Å². The summed E-state index contributed by atoms with van der Waals surface area (Å²) in [5.74, 6) is -0.381. The molecule has 0 heterocycles. The van der Waals surface area contributed by atoms with Gasteiger partial charge in [0.2, 0.25) is 5.91 Å². The lowest BCUT2D eigenvalue weighted by Crippen LogP contribution is -2.52. The van der Waals surface area contributed by atoms with Crippen LogP contribution in [0.4, 0.5) is 0 Å². The molecule has 0 saturated heterocycles. The zero-order valence-electron chi connectivity index (χ0n) is 12.8. The van der Waals surface area contributed by atoms with Gasteiger partial charge in [-0.2, -0.15) is 0 Å². The molecule has 0 aliphatic carbocycles. The van der Waals surface area contributed by atoms with Crippen LogP contribution in [0.25, 0.3) is 0 Å². The molecule has 0 aromatic heterocycles. The van der Waals surface area contributed by atoms with Gasteiger partial charge in [0.25, 0.3) is 0 Å². The third-order valence-electron chi connectivity index (χ3n) is 3.02. The predicted octanol–water partition coefficient (Wildman–Crippen LogP) is -0.464. The molecule has 0 aliphatic heterocycles. The quantitative estimate of drug-likeness (QED) is 0.421. The van der Waals surface area contributed by atoms with Crippen LogP contribution in [0.3, 0.4) is 0 Å². The molecule has 1 unspecified atom stereocenters. The lowest BCUT2D eigenvalue weighted by atomic mass is 9.98. The molecule has 0 bridgehead atoms. The van der Waals surface area contributed by atoms with Crippen molar-refractivity contribution in [2.24, 2.45) is 5.73 Å². The first-order valence-corrected chi connectivity index (χ1v) is 6.78. The van der Waals surface area contributed by atoms with Crippen molar-refractivity contribution < 1.29 is 23.7 Å². The highest BCUT2D eigenvalue weighted by molar-refractivity contribution is 5.84. The Morgan fingerprint density at radius 1 is 1.00 bits per heavy atom. The highest BCUT2D eigenvalue weighted by Crippen LogP contribution is 2.07. The van der Waals surface area contributed by atoms with Crippen LogP contribution in [0.5, 0.6) is 0 Å². The van der Waals surface area contributed by atoms with Gasteiger partial charge in [-0.25, -0.2) is 0 Å². The first-order chi connectivity index (χ1) is 9.56. The number of nitrogens with one attached hydrogen (secondary N) is 1. The molecule has 1 amide bonds. The average Bonchev–Trinajstić information content (AvgIpc) is 2.44. The fraction of sp³-hybridized carbons (Fsp3) is 0.923. The van der Waals surface area contributed by atoms with Crippen LogP contribution in [-0.4, -0.2) is 71.9 Å². The van der Waals surface area contributed by atoms with Crippen molar-refractivity contribution in [3.63, 3.8) is 0 Å². The summed E-state index contributed by atoms with van der Waals surface area (Å²) in [6, 6.07) is 0. The second-order valence-electron chi connectivity index (χ2n) is 4.53. The number of primary amides is 1. The molecule has 0 aromatic carbocycles. The molecule has 0 rings (SSSR count). The van der Waals surface area contributed by atoms with Crippen molar-refractivity contribution in [3.05, 3.63) is 0 Å². The third-order valence-corrected chi connectivity index (χ3v) is 3.02. The molecule has 1 atom stereocenters. The second-order valence-corrected chi connectivity index (χ2v) is 4.53. The largest absolute Gasteiger partial charge is 0.382 e. The predicted molar refractivity (Wildman–Crippen MR) is 75.6 cm³/mol. The summed E-state index contributed by atoms with van der Waals surface area (Å²) < 4.78 is 20.8. The number of methoxy groups -OCH3 is 1. The van der Waals surface area contributed by atoms with Gasteiger partial charge in [-0.15, -0.1) is 0 Å². The molecule has 0 aliphatic rings. The monoisotopic (exact) mass is 292 g/mol. The Labute approximate surface area is 121 Å². The second kappa shape index (κ2) is 12.0. The summed E-state index contributed by atoms with van der Waals surface area (Å²) >= 11 is 0. The van der Waals surface area contributed by atoms with Crippen LogP contribution in [0.2, 0.25) is 0 Å². The maximum Gasteiger partial charge on any atom is 0.237 e. The number of hydrogen-bond donors (Lipinski definition) is 2. The van der Waals surface area contributed by atoms with E-state index in [9.17, 15) is 4.79 Å². The highest BCUT2D eigenvalue weighted by Gasteiger charge is 2.28. The van der Waals surface area contributed by atoms with Gasteiger partial charge in [-0.05, 0) is 20.4 Å². The van der Waals surface area contributed by atoms with Gasteiger partial charge in [-0.1, -0.05) is 0 Å². The maximum absolute atomic E-state index is 11.2. The van der Waals surface area contributed by atoms with E-state index in [1.165, 1.54) is 0 Å². The van der Waals surface area contributed by atoms with Crippen LogP contribution in [-0.2, 0) is 23.7 Å². The van der Waals surface area contributed by atoms with Crippen molar-refractivity contribution in [3.8, 4) is 0 Å². The number of ether oxygens (including phenoxy) is 4. The number of amides is 1. The minimum absolute atomic E-state index is 0.381. The van der Waals surface area contributed by atoms with Crippen molar-refractivity contribution in [1.82, 2.24) is 5.32 Å². The van der Waals surface area contributed by atoms with Gasteiger partial charge < -0.3 is 30.0 Å². The molecule has 0 radical (unpaired) electrons. The van der Waals surface area contributed by atoms with E-state index in [4.69, 9.17) is 24.7 Å². The smallest absolute Gasteiger partial charge is 0.237 e. The summed E-state index contributed by atoms with van der Waals surface area (Å²) in [4.78, 5) is 11.2. The normalized spacial score (nSPS) is 14.2. The average molecular weight is 292 g/mol. The van der Waals surface area contributed by atoms with Gasteiger partial charge in [0, 0.05) is 13.7 Å². The van der Waals surface area contributed by atoms with Crippen LogP contribution in [0.1, 0.15) is 13.3 Å². The summed E-state index contributed by atoms with van der Waals surface area (Å²) in [5, 5.41) is 2.90. The van der Waals surface area contributed by atoms with E-state index in [0.29, 0.717) is 52.7 Å². The fourth-order valence-electron chi connectivity index (χ4n) is 1.33. The van der Waals surface area contributed by atoms with E-state index in [1.54, 1.807) is 21.1 Å². The third kappa shape index (κ3) is 9.22. The fourth-order valence-corrected chi connectivity index (χ4v) is 1.33. The topological polar surface area (TPSA) is 92.0 Å². The Morgan fingerprint density at radius 2 is 1.45 bits per heavy atom. The molecule has 120 valence electrons. The zero-order valence-corrected chi connectivity index (χ0v) is 12.8. The number of carbonyl (C=O) groups excluding carboxylic acids is 1. The zero-order chi connectivity index (χ0) is 15.3. The number of carbonyl (C=O) groups is 1. The molecule has 0 saturated carbocycles. The van der Waals surface area contributed by atoms with E-state index in [1.807, 2.05) is 0 Å². The summed E-state index contributed by atoms with van der Waals surface area (Å²) in [7, 11) is 3.34. The van der Waals surface area contributed by atoms with E-state index in [0.717, 1.165) is 0 Å². The molecule has 0 aromatic rings. The van der Waals surface area contributed by atoms with Crippen molar-refractivity contribution in [1.29, 1.82) is 0 Å². The van der Waals surface area contributed by atoms with Gasteiger partial charge in [-0.3, -0.25) is 4.79 Å². The minimum Gasteiger partial charge on any atom is -0.382 e. The Hall–Kier alpha value is -0.730. The number of nitrogens with two attached hydrogens (primary N) is 1. The molecular weight excluding hydrogens is 264 g/mol. The molecule has 0 fully saturated rings. The number of likely N-dealkylation sites (N-methyl/N-ethyl adjacent to an activating group) is 1. The minimum atomic E-state index is -0.726. The Balaban J connectivity index is 3.34. The molecule has 7 nitrogen and oxygen atoms in total. The number of hydrogen-bond acceptors (Lipinski definition) is 6. The standard InChI is InChI=1S/C13H28N2O5/c1-13(15-2,12(14)16)4-5-18-8-9-20-11-10-19-7-6-17-3/h15H,4-11H2,1-3H3,(H2,14,16). The maximum atomic E-state index is 11.2. The SMILES string of the molecule is CNC(C)(CCOCCOCCOCCOC)C(N)=O. The molecule has 20 heavy (non-hydrogen) atoms.